The molecule has 38 heavy (non-hydrogen) atoms. The Morgan fingerprint density at radius 3 is 2.29 bits per heavy atom. The predicted octanol–water partition coefficient (Wildman–Crippen LogP) is 7.98. The molecule has 0 bridgehead atoms. The van der Waals surface area contributed by atoms with Crippen molar-refractivity contribution in [3.05, 3.63) is 84.1 Å². The van der Waals surface area contributed by atoms with Crippen LogP contribution in [-0.4, -0.2) is 24.1 Å². The monoisotopic (exact) mass is 510 g/mol. The molecule has 3 aromatic carbocycles. The standard InChI is InChI=1S/C33H38N2O3/c1-22(2)38-28-13-14-29-27(19-28)16-17-34-32(29)35(31(36)20-33(4,5)6)21-24-8-10-25(11-9-24)26-12-15-30(37-7)23(3)18-26/h8-19,22H,20-21H2,1-7H3. The Labute approximate surface area is 226 Å². The van der Waals surface area contributed by atoms with Gasteiger partial charge in [0.1, 0.15) is 17.3 Å². The molecule has 1 amide bonds. The van der Waals surface area contributed by atoms with E-state index in [0.29, 0.717) is 18.8 Å². The fraction of sp³-hybridized carbons (Fsp3) is 0.333. The molecule has 1 aromatic heterocycles. The molecule has 198 valence electrons. The molecule has 0 saturated carbocycles. The number of ether oxygens (including phenoxy) is 2. The van der Waals surface area contributed by atoms with E-state index in [1.54, 1.807) is 13.3 Å². The van der Waals surface area contributed by atoms with E-state index in [0.717, 1.165) is 44.5 Å². The highest BCUT2D eigenvalue weighted by molar-refractivity contribution is 6.02. The highest BCUT2D eigenvalue weighted by Crippen LogP contribution is 2.32. The molecule has 0 atom stereocenters. The lowest BCUT2D eigenvalue weighted by atomic mass is 9.91. The lowest BCUT2D eigenvalue weighted by Crippen LogP contribution is -2.34. The predicted molar refractivity (Wildman–Crippen MR) is 156 cm³/mol. The summed E-state index contributed by atoms with van der Waals surface area (Å²) in [5, 5.41) is 1.92. The van der Waals surface area contributed by atoms with Crippen LogP contribution >= 0.6 is 0 Å². The van der Waals surface area contributed by atoms with Gasteiger partial charge in [0.15, 0.2) is 0 Å². The Hall–Kier alpha value is -3.86. The van der Waals surface area contributed by atoms with Crippen molar-refractivity contribution in [2.75, 3.05) is 12.0 Å². The van der Waals surface area contributed by atoms with Gasteiger partial charge in [0.2, 0.25) is 5.91 Å². The second kappa shape index (κ2) is 11.3. The number of pyridine rings is 1. The number of hydrogen-bond acceptors (Lipinski definition) is 4. The number of hydrogen-bond donors (Lipinski definition) is 0. The van der Waals surface area contributed by atoms with E-state index in [-0.39, 0.29) is 17.4 Å². The van der Waals surface area contributed by atoms with Gasteiger partial charge in [-0.15, -0.1) is 0 Å². The number of methoxy groups -OCH3 is 1. The summed E-state index contributed by atoms with van der Waals surface area (Å²) >= 11 is 0. The molecular formula is C33H38N2O3. The zero-order valence-electron chi connectivity index (χ0n) is 23.5. The summed E-state index contributed by atoms with van der Waals surface area (Å²) in [5.74, 6) is 2.41. The van der Waals surface area contributed by atoms with E-state index >= 15 is 0 Å². The molecule has 0 spiro atoms. The number of aryl methyl sites for hydroxylation is 1. The van der Waals surface area contributed by atoms with Gasteiger partial charge in [-0.2, -0.15) is 0 Å². The van der Waals surface area contributed by atoms with Gasteiger partial charge in [-0.1, -0.05) is 51.1 Å². The van der Waals surface area contributed by atoms with Gasteiger partial charge in [0.25, 0.3) is 0 Å². The molecule has 5 nitrogen and oxygen atoms in total. The molecule has 0 aliphatic rings. The van der Waals surface area contributed by atoms with Crippen LogP contribution in [0.15, 0.2) is 72.9 Å². The first-order valence-corrected chi connectivity index (χ1v) is 13.1. The number of carbonyl (C=O) groups is 1. The van der Waals surface area contributed by atoms with Crippen LogP contribution < -0.4 is 14.4 Å². The lowest BCUT2D eigenvalue weighted by molar-refractivity contribution is -0.120. The maximum absolute atomic E-state index is 13.7. The minimum Gasteiger partial charge on any atom is -0.496 e. The number of nitrogens with zero attached hydrogens (tertiary/aromatic N) is 2. The first-order valence-electron chi connectivity index (χ1n) is 13.1. The number of anilines is 1. The molecule has 0 fully saturated rings. The van der Waals surface area contributed by atoms with Gasteiger partial charge in [0, 0.05) is 18.0 Å². The largest absolute Gasteiger partial charge is 0.496 e. The summed E-state index contributed by atoms with van der Waals surface area (Å²) in [6.07, 6.45) is 2.27. The molecule has 0 aliphatic carbocycles. The number of aromatic nitrogens is 1. The molecule has 0 aliphatic heterocycles. The van der Waals surface area contributed by atoms with E-state index < -0.39 is 0 Å². The van der Waals surface area contributed by atoms with Gasteiger partial charge < -0.3 is 9.47 Å². The van der Waals surface area contributed by atoms with Gasteiger partial charge in [-0.3, -0.25) is 9.69 Å². The Morgan fingerprint density at radius 2 is 1.66 bits per heavy atom. The van der Waals surface area contributed by atoms with Crippen LogP contribution in [0.2, 0.25) is 0 Å². The number of amides is 1. The molecule has 0 unspecified atom stereocenters. The van der Waals surface area contributed by atoms with Crippen molar-refractivity contribution >= 4 is 22.5 Å². The van der Waals surface area contributed by atoms with Crippen LogP contribution in [0.3, 0.4) is 0 Å². The van der Waals surface area contributed by atoms with Crippen molar-refractivity contribution < 1.29 is 14.3 Å². The maximum Gasteiger partial charge on any atom is 0.229 e. The van der Waals surface area contributed by atoms with Crippen molar-refractivity contribution in [3.8, 4) is 22.6 Å². The summed E-state index contributed by atoms with van der Waals surface area (Å²) in [7, 11) is 1.69. The highest BCUT2D eigenvalue weighted by Gasteiger charge is 2.25. The van der Waals surface area contributed by atoms with Crippen LogP contribution in [0.25, 0.3) is 21.9 Å². The van der Waals surface area contributed by atoms with Gasteiger partial charge in [0.05, 0.1) is 19.8 Å². The molecule has 4 aromatic rings. The van der Waals surface area contributed by atoms with Gasteiger partial charge in [-0.05, 0) is 90.2 Å². The number of fused-ring (bicyclic) bond motifs is 1. The van der Waals surface area contributed by atoms with E-state index in [9.17, 15) is 4.79 Å². The van der Waals surface area contributed by atoms with Crippen LogP contribution in [0, 0.1) is 12.3 Å². The third-order valence-corrected chi connectivity index (χ3v) is 6.35. The van der Waals surface area contributed by atoms with Gasteiger partial charge in [-0.25, -0.2) is 4.98 Å². The van der Waals surface area contributed by atoms with E-state index in [4.69, 9.17) is 9.47 Å². The SMILES string of the molecule is COc1ccc(-c2ccc(CN(C(=O)CC(C)(C)C)c3nccc4cc(OC(C)C)ccc34)cc2)cc1C. The zero-order chi connectivity index (χ0) is 27.4. The van der Waals surface area contributed by atoms with E-state index in [2.05, 4.69) is 62.2 Å². The fourth-order valence-electron chi connectivity index (χ4n) is 4.57. The molecule has 5 heteroatoms. The second-order valence-corrected chi connectivity index (χ2v) is 11.3. The van der Waals surface area contributed by atoms with Crippen molar-refractivity contribution in [1.29, 1.82) is 0 Å². The summed E-state index contributed by atoms with van der Waals surface area (Å²) in [6, 6.07) is 22.5. The molecular weight excluding hydrogens is 472 g/mol. The highest BCUT2D eigenvalue weighted by atomic mass is 16.5. The minimum atomic E-state index is -0.145. The fourth-order valence-corrected chi connectivity index (χ4v) is 4.57. The zero-order valence-corrected chi connectivity index (χ0v) is 23.5. The maximum atomic E-state index is 13.7. The van der Waals surface area contributed by atoms with E-state index in [1.807, 2.05) is 56.0 Å². The van der Waals surface area contributed by atoms with Crippen LogP contribution in [-0.2, 0) is 11.3 Å². The first kappa shape index (κ1) is 27.2. The molecule has 4 rings (SSSR count). The third-order valence-electron chi connectivity index (χ3n) is 6.35. The third kappa shape index (κ3) is 6.52. The topological polar surface area (TPSA) is 51.7 Å². The minimum absolute atomic E-state index is 0.0508. The molecule has 0 radical (unpaired) electrons. The average molecular weight is 511 g/mol. The van der Waals surface area contributed by atoms with Crippen molar-refractivity contribution in [3.63, 3.8) is 0 Å². The Morgan fingerprint density at radius 1 is 0.947 bits per heavy atom. The molecule has 1 heterocycles. The normalized spacial score (nSPS) is 11.6. The van der Waals surface area contributed by atoms with Gasteiger partial charge >= 0.3 is 0 Å². The summed E-state index contributed by atoms with van der Waals surface area (Å²) in [4.78, 5) is 20.2. The second-order valence-electron chi connectivity index (χ2n) is 11.3. The Balaban J connectivity index is 1.68. The van der Waals surface area contributed by atoms with E-state index in [1.165, 1.54) is 0 Å². The molecule has 0 saturated heterocycles. The summed E-state index contributed by atoms with van der Waals surface area (Å²) in [5.41, 5.74) is 4.24. The van der Waals surface area contributed by atoms with Crippen molar-refractivity contribution in [2.45, 2.75) is 60.6 Å². The number of benzene rings is 3. The smallest absolute Gasteiger partial charge is 0.229 e. The lowest BCUT2D eigenvalue weighted by Gasteiger charge is -2.27. The van der Waals surface area contributed by atoms with Crippen LogP contribution in [0.4, 0.5) is 5.82 Å². The summed E-state index contributed by atoms with van der Waals surface area (Å²) in [6.45, 7) is 12.8. The quantitative estimate of drug-likeness (QED) is 0.241. The first-order chi connectivity index (χ1) is 18.0. The average Bonchev–Trinajstić information content (AvgIpc) is 2.86. The van der Waals surface area contributed by atoms with Crippen molar-refractivity contribution in [2.24, 2.45) is 5.41 Å². The Bertz CT molecular complexity index is 1420. The Kier molecular flexibility index (Phi) is 8.05. The van der Waals surface area contributed by atoms with Crippen LogP contribution in [0.1, 0.15) is 52.2 Å². The summed E-state index contributed by atoms with van der Waals surface area (Å²) < 4.78 is 11.3. The number of rotatable bonds is 8. The molecule has 0 N–H and O–H groups in total. The van der Waals surface area contributed by atoms with Crippen LogP contribution in [0.5, 0.6) is 11.5 Å². The van der Waals surface area contributed by atoms with Crippen molar-refractivity contribution in [1.82, 2.24) is 4.98 Å². The number of carbonyl (C=O) groups excluding carboxylic acids is 1.